The molecule has 1 fully saturated rings. The molecule has 2 unspecified atom stereocenters. The van der Waals surface area contributed by atoms with E-state index in [2.05, 4.69) is 4.98 Å². The van der Waals surface area contributed by atoms with Crippen molar-refractivity contribution in [3.8, 4) is 6.01 Å². The number of aliphatic hydroxyl groups excluding tert-OH is 1. The van der Waals surface area contributed by atoms with Gasteiger partial charge in [0.05, 0.1) is 0 Å². The quantitative estimate of drug-likeness (QED) is 0.478. The zero-order valence-electron chi connectivity index (χ0n) is 15.1. The molecule has 8 nitrogen and oxygen atoms in total. The summed E-state index contributed by atoms with van der Waals surface area (Å²) < 4.78 is 23.6. The summed E-state index contributed by atoms with van der Waals surface area (Å²) in [5, 5.41) is 9.89. The average molecular weight is 562 g/mol. The number of ether oxygens (including phenoxy) is 4. The molecule has 1 aromatic heterocycles. The van der Waals surface area contributed by atoms with Crippen LogP contribution >= 0.6 is 0 Å². The van der Waals surface area contributed by atoms with Gasteiger partial charge in [0.2, 0.25) is 0 Å². The van der Waals surface area contributed by atoms with E-state index in [1.165, 1.54) is 16.8 Å². The van der Waals surface area contributed by atoms with Gasteiger partial charge in [0.25, 0.3) is 0 Å². The maximum absolute atomic E-state index is 12.2. The first-order chi connectivity index (χ1) is 13.1. The van der Waals surface area contributed by atoms with Gasteiger partial charge in [-0.05, 0) is 0 Å². The van der Waals surface area contributed by atoms with Gasteiger partial charge in [0.1, 0.15) is 0 Å². The number of rotatable bonds is 8. The third kappa shape index (κ3) is 5.14. The minimum atomic E-state index is -0.827. The summed E-state index contributed by atoms with van der Waals surface area (Å²) in [4.78, 5) is 16.3. The van der Waals surface area contributed by atoms with Crippen molar-refractivity contribution in [2.45, 2.75) is 35.3 Å². The Kier molecular flexibility index (Phi) is 7.37. The molecule has 0 amide bonds. The maximum atomic E-state index is 12.2. The van der Waals surface area contributed by atoms with E-state index in [4.69, 9.17) is 18.9 Å². The van der Waals surface area contributed by atoms with Gasteiger partial charge in [-0.15, -0.1) is 0 Å². The molecule has 1 aliphatic heterocycles. The molecule has 0 bridgehead atoms. The molecule has 0 aliphatic carbocycles. The van der Waals surface area contributed by atoms with Gasteiger partial charge in [-0.1, -0.05) is 18.2 Å². The Balaban J connectivity index is 1.62. The van der Waals surface area contributed by atoms with Gasteiger partial charge in [0.15, 0.2) is 0 Å². The standard InChI is InChI=1S/C18H21N2O6.Hg/c1-23-14-9-17(22)26-15(14)11-25-18-19-8-7-16(21)20(18)12-24-10-13-5-3-2-4-6-13;/h2-9,14-15,17,22H,10-12H2,1H3;/t14-,15+,17?;/m0./s1. The second-order valence-electron chi connectivity index (χ2n) is 6.20. The molecule has 1 aromatic carbocycles. The Bertz CT molecular complexity index is 787. The second kappa shape index (κ2) is 9.74. The van der Waals surface area contributed by atoms with Gasteiger partial charge >= 0.3 is 155 Å². The summed E-state index contributed by atoms with van der Waals surface area (Å²) >= 11 is 0.292. The fraction of sp³-hybridized carbons (Fsp3) is 0.444. The first-order valence-corrected chi connectivity index (χ1v) is 11.8. The number of methoxy groups -OCH3 is 1. The molecule has 1 aliphatic rings. The first-order valence-electron chi connectivity index (χ1n) is 8.60. The smallest absolute Gasteiger partial charge is 0.0622 e. The summed E-state index contributed by atoms with van der Waals surface area (Å²) in [6, 6.07) is 11.2. The molecule has 2 heterocycles. The van der Waals surface area contributed by atoms with Gasteiger partial charge in [-0.25, -0.2) is 0 Å². The van der Waals surface area contributed by atoms with Gasteiger partial charge in [-0.3, -0.25) is 0 Å². The van der Waals surface area contributed by atoms with E-state index in [0.29, 0.717) is 32.7 Å². The molecule has 2 aromatic rings. The van der Waals surface area contributed by atoms with Crippen molar-refractivity contribution >= 4 is 0 Å². The molecule has 9 heteroatoms. The molecule has 27 heavy (non-hydrogen) atoms. The van der Waals surface area contributed by atoms with Crippen molar-refractivity contribution < 1.29 is 50.2 Å². The zero-order chi connectivity index (χ0) is 19.2. The molecule has 0 radical (unpaired) electrons. The fourth-order valence-corrected chi connectivity index (χ4v) is 5.25. The number of nitrogens with zero attached hydrogens (tertiary/aromatic N) is 2. The summed E-state index contributed by atoms with van der Waals surface area (Å²) in [6.45, 7) is 0.512. The van der Waals surface area contributed by atoms with Crippen LogP contribution in [0.1, 0.15) is 5.56 Å². The van der Waals surface area contributed by atoms with Crippen LogP contribution in [0.15, 0.2) is 47.4 Å². The Morgan fingerprint density at radius 1 is 1.30 bits per heavy atom. The fourth-order valence-electron chi connectivity index (χ4n) is 2.89. The molecular weight excluding hydrogens is 541 g/mol. The van der Waals surface area contributed by atoms with Crippen LogP contribution in [0.2, 0.25) is 3.43 Å². The second-order valence-corrected chi connectivity index (χ2v) is 9.86. The molecule has 1 N–H and O–H groups in total. The SMILES string of the molecule is CO[C@H]1[CH]([Hg])C(O)O[C@@H]1COc1nccc(=O)n1COCc1ccccc1. The summed E-state index contributed by atoms with van der Waals surface area (Å²) in [7, 11) is 1.59. The molecule has 0 saturated carbocycles. The van der Waals surface area contributed by atoms with E-state index in [1.807, 2.05) is 30.3 Å². The van der Waals surface area contributed by atoms with Crippen molar-refractivity contribution in [2.75, 3.05) is 13.7 Å². The van der Waals surface area contributed by atoms with Gasteiger partial charge in [0, 0.05) is 0 Å². The van der Waals surface area contributed by atoms with Crippen molar-refractivity contribution in [3.63, 3.8) is 0 Å². The molecule has 3 rings (SSSR count). The Morgan fingerprint density at radius 3 is 2.81 bits per heavy atom. The number of aromatic nitrogens is 2. The van der Waals surface area contributed by atoms with Crippen molar-refractivity contribution in [3.05, 3.63) is 58.5 Å². The summed E-state index contributed by atoms with van der Waals surface area (Å²) in [5.74, 6) is 0. The van der Waals surface area contributed by atoms with E-state index in [0.717, 1.165) is 5.56 Å². The molecule has 0 spiro atoms. The van der Waals surface area contributed by atoms with E-state index in [1.54, 1.807) is 7.11 Å². The van der Waals surface area contributed by atoms with E-state index in [-0.39, 0.29) is 34.4 Å². The van der Waals surface area contributed by atoms with Crippen molar-refractivity contribution in [1.29, 1.82) is 0 Å². The third-order valence-electron chi connectivity index (χ3n) is 4.35. The normalized spacial score (nSPS) is 24.9. The molecule has 1 saturated heterocycles. The Labute approximate surface area is 173 Å². The van der Waals surface area contributed by atoms with Crippen LogP contribution in [0.4, 0.5) is 0 Å². The summed E-state index contributed by atoms with van der Waals surface area (Å²) in [5.41, 5.74) is 0.737. The molecule has 4 atom stereocenters. The van der Waals surface area contributed by atoms with Gasteiger partial charge in [-0.2, -0.15) is 0 Å². The monoisotopic (exact) mass is 563 g/mol. The molecule has 141 valence electrons. The van der Waals surface area contributed by atoms with Crippen LogP contribution in [0, 0.1) is 0 Å². The predicted octanol–water partition coefficient (Wildman–Crippen LogP) is 0.864. The average Bonchev–Trinajstić information content (AvgIpc) is 2.96. The van der Waals surface area contributed by atoms with Crippen molar-refractivity contribution in [2.24, 2.45) is 0 Å². The number of aliphatic hydroxyl groups is 1. The predicted molar refractivity (Wildman–Crippen MR) is 90.6 cm³/mol. The van der Waals surface area contributed by atoms with E-state index in [9.17, 15) is 9.90 Å². The summed E-state index contributed by atoms with van der Waals surface area (Å²) in [6.07, 6.45) is -0.0705. The van der Waals surface area contributed by atoms with Crippen molar-refractivity contribution in [1.82, 2.24) is 9.55 Å². The van der Waals surface area contributed by atoms with Gasteiger partial charge < -0.3 is 0 Å². The Morgan fingerprint density at radius 2 is 2.07 bits per heavy atom. The van der Waals surface area contributed by atoms with E-state index >= 15 is 0 Å². The molecular formula is C18H21HgN2O6. The zero-order valence-corrected chi connectivity index (χ0v) is 20.6. The third-order valence-corrected chi connectivity index (χ3v) is 7.72. The van der Waals surface area contributed by atoms with Crippen LogP contribution in [-0.4, -0.2) is 46.9 Å². The van der Waals surface area contributed by atoms with Crippen LogP contribution in [0.3, 0.4) is 0 Å². The minimum Gasteiger partial charge on any atom is -0.0622 e. The first kappa shape index (κ1) is 20.4. The number of benzene rings is 1. The van der Waals surface area contributed by atoms with Crippen LogP contribution in [0.5, 0.6) is 6.01 Å². The van der Waals surface area contributed by atoms with Crippen LogP contribution in [0.25, 0.3) is 0 Å². The van der Waals surface area contributed by atoms with E-state index < -0.39 is 12.4 Å². The number of hydrogen-bond donors (Lipinski definition) is 1. The Hall–Kier alpha value is -1.32. The van der Waals surface area contributed by atoms with Crippen LogP contribution in [-0.2, 0) is 53.7 Å². The van der Waals surface area contributed by atoms with Crippen LogP contribution < -0.4 is 10.3 Å². The minimum absolute atomic E-state index is 0.0173. The number of hydrogen-bond acceptors (Lipinski definition) is 7. The topological polar surface area (TPSA) is 92.0 Å².